The molecule has 0 aliphatic carbocycles. The lowest BCUT2D eigenvalue weighted by molar-refractivity contribution is -0.107. The van der Waals surface area contributed by atoms with E-state index in [1.807, 2.05) is 11.8 Å². The van der Waals surface area contributed by atoms with E-state index in [1.54, 1.807) is 0 Å². The van der Waals surface area contributed by atoms with E-state index in [4.69, 9.17) is 12.2 Å². The van der Waals surface area contributed by atoms with Gasteiger partial charge in [-0.1, -0.05) is 6.42 Å². The Bertz CT molecular complexity index is 260. The van der Waals surface area contributed by atoms with E-state index < -0.39 is 0 Å². The van der Waals surface area contributed by atoms with Crippen LogP contribution in [0.1, 0.15) is 25.7 Å². The van der Waals surface area contributed by atoms with Gasteiger partial charge in [0.1, 0.15) is 6.29 Å². The molecule has 0 spiro atoms. The lowest BCUT2D eigenvalue weighted by Crippen LogP contribution is -2.36. The molecule has 3 atom stereocenters. The predicted octanol–water partition coefficient (Wildman–Crippen LogP) is 1.08. The summed E-state index contributed by atoms with van der Waals surface area (Å²) in [6.45, 7) is 0. The molecule has 2 heterocycles. The molecular formula is C10H16N2OS2. The van der Waals surface area contributed by atoms with Gasteiger partial charge in [0.05, 0.1) is 12.1 Å². The molecule has 2 rings (SSSR count). The van der Waals surface area contributed by atoms with Crippen molar-refractivity contribution in [3.8, 4) is 0 Å². The summed E-state index contributed by atoms with van der Waals surface area (Å²) in [7, 11) is 0. The van der Waals surface area contributed by atoms with E-state index in [0.29, 0.717) is 23.8 Å². The minimum absolute atomic E-state index is 0.513. The molecule has 2 fully saturated rings. The zero-order chi connectivity index (χ0) is 10.7. The summed E-state index contributed by atoms with van der Waals surface area (Å²) >= 11 is 7.12. The molecule has 0 bridgehead atoms. The Morgan fingerprint density at radius 2 is 2.33 bits per heavy atom. The van der Waals surface area contributed by atoms with Crippen molar-refractivity contribution in [2.45, 2.75) is 43.0 Å². The van der Waals surface area contributed by atoms with E-state index in [-0.39, 0.29) is 0 Å². The zero-order valence-electron chi connectivity index (χ0n) is 8.57. The molecule has 0 aromatic carbocycles. The molecule has 15 heavy (non-hydrogen) atoms. The molecule has 0 saturated carbocycles. The summed E-state index contributed by atoms with van der Waals surface area (Å²) in [5.74, 6) is 1.15. The van der Waals surface area contributed by atoms with Crippen molar-refractivity contribution in [3.05, 3.63) is 0 Å². The molecule has 2 saturated heterocycles. The standard InChI is InChI=1S/C10H16N2OS2/c13-5-3-1-2-4-8-9-7(6-15-8)11-10(14)12-9/h5,7-9H,1-4,6H2,(H2,11,12,14)/t7?,8-,9-/m0/s1. The Morgan fingerprint density at radius 3 is 3.13 bits per heavy atom. The zero-order valence-corrected chi connectivity index (χ0v) is 10.2. The van der Waals surface area contributed by atoms with Gasteiger partial charge >= 0.3 is 0 Å². The number of hydrogen-bond acceptors (Lipinski definition) is 3. The van der Waals surface area contributed by atoms with Gasteiger partial charge in [0.2, 0.25) is 0 Å². The highest BCUT2D eigenvalue weighted by Gasteiger charge is 2.41. The number of carbonyl (C=O) groups is 1. The van der Waals surface area contributed by atoms with Gasteiger partial charge in [0, 0.05) is 17.4 Å². The van der Waals surface area contributed by atoms with Crippen LogP contribution in [-0.4, -0.2) is 34.5 Å². The van der Waals surface area contributed by atoms with Crippen LogP contribution in [-0.2, 0) is 4.79 Å². The van der Waals surface area contributed by atoms with Crippen molar-refractivity contribution in [2.75, 3.05) is 5.75 Å². The first-order valence-electron chi connectivity index (χ1n) is 5.43. The minimum atomic E-state index is 0.513. The highest BCUT2D eigenvalue weighted by molar-refractivity contribution is 8.00. The Kier molecular flexibility index (Phi) is 3.86. The first-order valence-corrected chi connectivity index (χ1v) is 6.89. The van der Waals surface area contributed by atoms with Crippen molar-refractivity contribution >= 4 is 35.4 Å². The van der Waals surface area contributed by atoms with Gasteiger partial charge in [0.15, 0.2) is 5.11 Å². The van der Waals surface area contributed by atoms with Gasteiger partial charge < -0.3 is 15.4 Å². The molecule has 5 heteroatoms. The van der Waals surface area contributed by atoms with Gasteiger partial charge in [-0.15, -0.1) is 0 Å². The van der Waals surface area contributed by atoms with Crippen molar-refractivity contribution in [3.63, 3.8) is 0 Å². The van der Waals surface area contributed by atoms with Gasteiger partial charge in [0.25, 0.3) is 0 Å². The SMILES string of the molecule is O=CCCCC[C@@H]1SCC2NC(=S)N[C@@H]21. The average Bonchev–Trinajstić information content (AvgIpc) is 2.73. The number of aldehydes is 1. The number of thiocarbonyl (C=S) groups is 1. The average molecular weight is 244 g/mol. The van der Waals surface area contributed by atoms with Crippen LogP contribution in [0, 0.1) is 0 Å². The maximum absolute atomic E-state index is 10.2. The summed E-state index contributed by atoms with van der Waals surface area (Å²) < 4.78 is 0. The number of nitrogens with one attached hydrogen (secondary N) is 2. The van der Waals surface area contributed by atoms with Crippen LogP contribution in [0.4, 0.5) is 0 Å². The molecule has 0 amide bonds. The van der Waals surface area contributed by atoms with E-state index in [0.717, 1.165) is 30.0 Å². The Hall–Kier alpha value is -0.290. The summed E-state index contributed by atoms with van der Waals surface area (Å²) in [5, 5.41) is 8.10. The molecule has 0 aromatic heterocycles. The topological polar surface area (TPSA) is 41.1 Å². The van der Waals surface area contributed by atoms with Crippen molar-refractivity contribution in [1.82, 2.24) is 10.6 Å². The minimum Gasteiger partial charge on any atom is -0.357 e. The number of hydrogen-bond donors (Lipinski definition) is 2. The highest BCUT2D eigenvalue weighted by Crippen LogP contribution is 2.33. The lowest BCUT2D eigenvalue weighted by Gasteiger charge is -2.16. The second kappa shape index (κ2) is 5.16. The van der Waals surface area contributed by atoms with E-state index in [1.165, 1.54) is 6.42 Å². The Morgan fingerprint density at radius 1 is 1.47 bits per heavy atom. The van der Waals surface area contributed by atoms with Crippen LogP contribution >= 0.6 is 24.0 Å². The third kappa shape index (κ3) is 2.64. The first kappa shape index (κ1) is 11.2. The molecule has 2 aliphatic rings. The maximum atomic E-state index is 10.2. The molecule has 2 N–H and O–H groups in total. The summed E-state index contributed by atoms with van der Waals surface area (Å²) in [6, 6.07) is 1.04. The van der Waals surface area contributed by atoms with Crippen LogP contribution in [0.15, 0.2) is 0 Å². The third-order valence-corrected chi connectivity index (χ3v) is 4.74. The van der Waals surface area contributed by atoms with Crippen molar-refractivity contribution < 1.29 is 4.79 Å². The second-order valence-corrected chi connectivity index (χ2v) is 5.75. The molecule has 1 unspecified atom stereocenters. The van der Waals surface area contributed by atoms with E-state index >= 15 is 0 Å². The number of unbranched alkanes of at least 4 members (excludes halogenated alkanes) is 2. The molecule has 84 valence electrons. The van der Waals surface area contributed by atoms with Crippen molar-refractivity contribution in [1.29, 1.82) is 0 Å². The van der Waals surface area contributed by atoms with Crippen LogP contribution in [0.3, 0.4) is 0 Å². The quantitative estimate of drug-likeness (QED) is 0.430. The highest BCUT2D eigenvalue weighted by atomic mass is 32.2. The fraction of sp³-hybridized carbons (Fsp3) is 0.800. The molecule has 2 aliphatic heterocycles. The van der Waals surface area contributed by atoms with Crippen LogP contribution in [0.2, 0.25) is 0 Å². The van der Waals surface area contributed by atoms with E-state index in [2.05, 4.69) is 10.6 Å². The molecule has 3 nitrogen and oxygen atoms in total. The Balaban J connectivity index is 1.74. The number of rotatable bonds is 5. The number of carbonyl (C=O) groups excluding carboxylic acids is 1. The predicted molar refractivity (Wildman–Crippen MR) is 67.2 cm³/mol. The molecular weight excluding hydrogens is 228 g/mol. The first-order chi connectivity index (χ1) is 7.31. The summed E-state index contributed by atoms with van der Waals surface area (Å²) in [6.07, 6.45) is 5.07. The van der Waals surface area contributed by atoms with Gasteiger partial charge in [-0.2, -0.15) is 11.8 Å². The summed E-state index contributed by atoms with van der Waals surface area (Å²) in [4.78, 5) is 10.2. The molecule has 0 radical (unpaired) electrons. The van der Waals surface area contributed by atoms with Gasteiger partial charge in [-0.25, -0.2) is 0 Å². The fourth-order valence-electron chi connectivity index (χ4n) is 2.22. The lowest BCUT2D eigenvalue weighted by atomic mass is 10.0. The Labute approximate surface area is 99.8 Å². The monoisotopic (exact) mass is 244 g/mol. The van der Waals surface area contributed by atoms with Gasteiger partial charge in [-0.3, -0.25) is 0 Å². The van der Waals surface area contributed by atoms with E-state index in [9.17, 15) is 4.79 Å². The fourth-order valence-corrected chi connectivity index (χ4v) is 4.05. The maximum Gasteiger partial charge on any atom is 0.166 e. The number of thioether (sulfide) groups is 1. The number of fused-ring (bicyclic) bond motifs is 1. The van der Waals surface area contributed by atoms with Gasteiger partial charge in [-0.05, 0) is 25.1 Å². The second-order valence-electron chi connectivity index (χ2n) is 4.07. The smallest absolute Gasteiger partial charge is 0.166 e. The van der Waals surface area contributed by atoms with Crippen molar-refractivity contribution in [2.24, 2.45) is 0 Å². The molecule has 0 aromatic rings. The third-order valence-electron chi connectivity index (χ3n) is 3.00. The van der Waals surface area contributed by atoms with Crippen LogP contribution < -0.4 is 10.6 Å². The largest absolute Gasteiger partial charge is 0.357 e. The normalized spacial score (nSPS) is 33.3. The van der Waals surface area contributed by atoms with Crippen LogP contribution in [0.25, 0.3) is 0 Å². The van der Waals surface area contributed by atoms with Crippen LogP contribution in [0.5, 0.6) is 0 Å². The summed E-state index contributed by atoms with van der Waals surface area (Å²) in [5.41, 5.74) is 0.